The Hall–Kier alpha value is -1.44. The van der Waals surface area contributed by atoms with E-state index in [1.165, 1.54) is 0 Å². The zero-order valence-corrected chi connectivity index (χ0v) is 15.0. The van der Waals surface area contributed by atoms with E-state index in [0.717, 1.165) is 44.9 Å². The van der Waals surface area contributed by atoms with Crippen LogP contribution in [0.15, 0.2) is 4.90 Å². The average Bonchev–Trinajstić information content (AvgIpc) is 3.12. The second-order valence-electron chi connectivity index (χ2n) is 7.22. The molecule has 0 radical (unpaired) electrons. The number of nitrogens with zero attached hydrogens (tertiary/aromatic N) is 3. The third-order valence-electron chi connectivity index (χ3n) is 5.63. The molecule has 0 aromatic carbocycles. The zero-order chi connectivity index (χ0) is 17.6. The number of anilines is 2. The molecule has 2 aliphatic heterocycles. The summed E-state index contributed by atoms with van der Waals surface area (Å²) < 4.78 is 55.2. The molecule has 1 aliphatic carbocycles. The Labute approximate surface area is 146 Å². The monoisotopic (exact) mass is 371 g/mol. The molecule has 0 unspecified atom stereocenters. The van der Waals surface area contributed by atoms with Crippen molar-refractivity contribution in [3.05, 3.63) is 11.8 Å². The normalized spacial score (nSPS) is 23.8. The molecule has 25 heavy (non-hydrogen) atoms. The van der Waals surface area contributed by atoms with Gasteiger partial charge in [-0.1, -0.05) is 19.3 Å². The van der Waals surface area contributed by atoms with Gasteiger partial charge in [0, 0.05) is 25.7 Å². The SMILES string of the molecule is O=S1(=O)CCN(C2CCCCC2)c2c(F)nc(N3CCCC3)c(F)c21. The third-order valence-corrected chi connectivity index (χ3v) is 7.35. The van der Waals surface area contributed by atoms with Crippen LogP contribution in [0.4, 0.5) is 20.3 Å². The van der Waals surface area contributed by atoms with Gasteiger partial charge >= 0.3 is 0 Å². The zero-order valence-electron chi connectivity index (χ0n) is 14.2. The maximum absolute atomic E-state index is 15.1. The highest BCUT2D eigenvalue weighted by atomic mass is 32.2. The number of fused-ring (bicyclic) bond motifs is 1. The van der Waals surface area contributed by atoms with Crippen molar-refractivity contribution in [1.29, 1.82) is 0 Å². The van der Waals surface area contributed by atoms with Crippen LogP contribution in [0.5, 0.6) is 0 Å². The summed E-state index contributed by atoms with van der Waals surface area (Å²) in [6.45, 7) is 1.37. The summed E-state index contributed by atoms with van der Waals surface area (Å²) in [5.74, 6) is -2.05. The van der Waals surface area contributed by atoms with Crippen molar-refractivity contribution in [3.63, 3.8) is 0 Å². The largest absolute Gasteiger partial charge is 0.363 e. The van der Waals surface area contributed by atoms with Crippen molar-refractivity contribution in [1.82, 2.24) is 4.98 Å². The molecule has 1 aromatic heterocycles. The van der Waals surface area contributed by atoms with Crippen molar-refractivity contribution >= 4 is 21.3 Å². The van der Waals surface area contributed by atoms with E-state index < -0.39 is 26.5 Å². The molecule has 5 nitrogen and oxygen atoms in total. The summed E-state index contributed by atoms with van der Waals surface area (Å²) in [5.41, 5.74) is -0.140. The lowest BCUT2D eigenvalue weighted by molar-refractivity contribution is 0.406. The molecular formula is C17H23F2N3O2S. The summed E-state index contributed by atoms with van der Waals surface area (Å²) in [5, 5.41) is 0. The molecule has 2 fully saturated rings. The first-order valence-corrected chi connectivity index (χ1v) is 10.8. The highest BCUT2D eigenvalue weighted by Crippen LogP contribution is 2.41. The molecule has 1 aromatic rings. The van der Waals surface area contributed by atoms with Gasteiger partial charge in [0.2, 0.25) is 5.95 Å². The lowest BCUT2D eigenvalue weighted by Crippen LogP contribution is -2.45. The van der Waals surface area contributed by atoms with Gasteiger partial charge in [0.15, 0.2) is 21.5 Å². The van der Waals surface area contributed by atoms with Crippen LogP contribution in [0.1, 0.15) is 44.9 Å². The van der Waals surface area contributed by atoms with E-state index in [9.17, 15) is 12.8 Å². The Morgan fingerprint density at radius 3 is 2.32 bits per heavy atom. The Balaban J connectivity index is 1.84. The second kappa shape index (κ2) is 6.37. The van der Waals surface area contributed by atoms with Crippen LogP contribution in [0.2, 0.25) is 0 Å². The number of pyridine rings is 1. The van der Waals surface area contributed by atoms with Crippen molar-refractivity contribution in [2.45, 2.75) is 55.9 Å². The maximum atomic E-state index is 15.1. The summed E-state index contributed by atoms with van der Waals surface area (Å²) in [7, 11) is -3.84. The quantitative estimate of drug-likeness (QED) is 0.749. The summed E-state index contributed by atoms with van der Waals surface area (Å²) in [4.78, 5) is 6.79. The fourth-order valence-electron chi connectivity index (χ4n) is 4.36. The smallest absolute Gasteiger partial charge is 0.239 e. The number of aromatic nitrogens is 1. The van der Waals surface area contributed by atoms with E-state index in [1.807, 2.05) is 0 Å². The molecule has 1 saturated heterocycles. The molecule has 0 spiro atoms. The predicted octanol–water partition coefficient (Wildman–Crippen LogP) is 2.89. The number of halogens is 2. The molecule has 3 aliphatic rings. The minimum Gasteiger partial charge on any atom is -0.363 e. The predicted molar refractivity (Wildman–Crippen MR) is 91.9 cm³/mol. The molecule has 4 rings (SSSR count). The van der Waals surface area contributed by atoms with Crippen LogP contribution in [0.25, 0.3) is 0 Å². The Morgan fingerprint density at radius 1 is 0.960 bits per heavy atom. The first-order chi connectivity index (χ1) is 12.0. The molecule has 0 atom stereocenters. The maximum Gasteiger partial charge on any atom is 0.239 e. The molecule has 0 N–H and O–H groups in total. The van der Waals surface area contributed by atoms with Crippen molar-refractivity contribution < 1.29 is 17.2 Å². The van der Waals surface area contributed by atoms with Gasteiger partial charge in [-0.2, -0.15) is 9.37 Å². The summed E-state index contributed by atoms with van der Waals surface area (Å²) in [6, 6.07) is 0.0661. The highest BCUT2D eigenvalue weighted by molar-refractivity contribution is 7.91. The van der Waals surface area contributed by atoms with Gasteiger partial charge in [0.1, 0.15) is 10.6 Å². The Bertz CT molecular complexity index is 773. The van der Waals surface area contributed by atoms with Crippen molar-refractivity contribution in [3.8, 4) is 0 Å². The van der Waals surface area contributed by atoms with Gasteiger partial charge in [-0.3, -0.25) is 0 Å². The standard InChI is InChI=1S/C17H23F2N3O2S/c18-13-15-14(16(19)20-17(13)21-8-4-5-9-21)22(10-11-25(15,23)24)12-6-2-1-3-7-12/h12H,1-11H2. The van der Waals surface area contributed by atoms with Crippen LogP contribution < -0.4 is 9.80 Å². The van der Waals surface area contributed by atoms with E-state index in [1.54, 1.807) is 9.80 Å². The Morgan fingerprint density at radius 2 is 1.64 bits per heavy atom. The van der Waals surface area contributed by atoms with Gasteiger partial charge in [-0.05, 0) is 25.7 Å². The molecule has 0 amide bonds. The van der Waals surface area contributed by atoms with Crippen LogP contribution >= 0.6 is 0 Å². The van der Waals surface area contributed by atoms with Gasteiger partial charge in [0.25, 0.3) is 0 Å². The lowest BCUT2D eigenvalue weighted by atomic mass is 9.94. The first-order valence-electron chi connectivity index (χ1n) is 9.12. The average molecular weight is 371 g/mol. The van der Waals surface area contributed by atoms with E-state index in [0.29, 0.717) is 13.1 Å². The van der Waals surface area contributed by atoms with E-state index in [2.05, 4.69) is 4.98 Å². The number of rotatable bonds is 2. The Kier molecular flexibility index (Phi) is 4.33. The van der Waals surface area contributed by atoms with Crippen LogP contribution in [-0.2, 0) is 9.84 Å². The van der Waals surface area contributed by atoms with Gasteiger partial charge in [0.05, 0.1) is 5.75 Å². The molecule has 3 heterocycles. The van der Waals surface area contributed by atoms with Crippen LogP contribution in [-0.4, -0.2) is 44.8 Å². The van der Waals surface area contributed by atoms with Gasteiger partial charge in [-0.25, -0.2) is 12.8 Å². The minimum absolute atomic E-state index is 0.0661. The topological polar surface area (TPSA) is 53.5 Å². The second-order valence-corrected chi connectivity index (χ2v) is 9.26. The van der Waals surface area contributed by atoms with Crippen molar-refractivity contribution in [2.24, 2.45) is 0 Å². The van der Waals surface area contributed by atoms with Crippen molar-refractivity contribution in [2.75, 3.05) is 35.2 Å². The number of sulfone groups is 1. The lowest BCUT2D eigenvalue weighted by Gasteiger charge is -2.39. The summed E-state index contributed by atoms with van der Waals surface area (Å²) in [6.07, 6.45) is 6.72. The summed E-state index contributed by atoms with van der Waals surface area (Å²) >= 11 is 0. The first kappa shape index (κ1) is 17.0. The van der Waals surface area contributed by atoms with E-state index >= 15 is 4.39 Å². The minimum atomic E-state index is -3.84. The van der Waals surface area contributed by atoms with Crippen LogP contribution in [0.3, 0.4) is 0 Å². The molecular weight excluding hydrogens is 348 g/mol. The van der Waals surface area contributed by atoms with E-state index in [-0.39, 0.29) is 29.8 Å². The van der Waals surface area contributed by atoms with E-state index in [4.69, 9.17) is 0 Å². The molecule has 0 bridgehead atoms. The molecule has 138 valence electrons. The highest BCUT2D eigenvalue weighted by Gasteiger charge is 2.40. The van der Waals surface area contributed by atoms with Gasteiger partial charge < -0.3 is 9.80 Å². The number of hydrogen-bond acceptors (Lipinski definition) is 5. The fraction of sp³-hybridized carbons (Fsp3) is 0.706. The van der Waals surface area contributed by atoms with Crippen LogP contribution in [0, 0.1) is 11.8 Å². The number of hydrogen-bond donors (Lipinski definition) is 0. The fourth-order valence-corrected chi connectivity index (χ4v) is 5.86. The molecule has 1 saturated carbocycles. The van der Waals surface area contributed by atoms with Gasteiger partial charge in [-0.15, -0.1) is 0 Å². The third kappa shape index (κ3) is 2.88. The molecule has 8 heteroatoms.